The van der Waals surface area contributed by atoms with Gasteiger partial charge in [-0.05, 0) is 51.7 Å². The van der Waals surface area contributed by atoms with E-state index in [9.17, 15) is 13.2 Å². The van der Waals surface area contributed by atoms with Gasteiger partial charge in [-0.3, -0.25) is 0 Å². The molecule has 4 nitrogen and oxygen atoms in total. The highest BCUT2D eigenvalue weighted by molar-refractivity contribution is 7.96. The summed E-state index contributed by atoms with van der Waals surface area (Å²) in [5, 5.41) is 0. The van der Waals surface area contributed by atoms with Gasteiger partial charge in [0.15, 0.2) is 4.91 Å². The Labute approximate surface area is 144 Å². The Morgan fingerprint density at radius 2 is 1.67 bits per heavy atom. The number of allylic oxidation sites excluding steroid dienone is 1. The normalized spacial score (nSPS) is 17.5. The molecule has 0 aliphatic heterocycles. The molecule has 0 radical (unpaired) electrons. The highest BCUT2D eigenvalue weighted by Gasteiger charge is 2.32. The van der Waals surface area contributed by atoms with E-state index < -0.39 is 21.4 Å². The lowest BCUT2D eigenvalue weighted by Gasteiger charge is -2.23. The third kappa shape index (κ3) is 4.94. The van der Waals surface area contributed by atoms with Crippen LogP contribution in [0.4, 0.5) is 0 Å². The van der Waals surface area contributed by atoms with E-state index in [4.69, 9.17) is 4.74 Å². The molecule has 0 spiro atoms. The summed E-state index contributed by atoms with van der Waals surface area (Å²) < 4.78 is 31.3. The summed E-state index contributed by atoms with van der Waals surface area (Å²) >= 11 is 0. The van der Waals surface area contributed by atoms with Crippen LogP contribution in [0, 0.1) is 5.92 Å². The Morgan fingerprint density at radius 3 is 2.21 bits per heavy atom. The fourth-order valence-electron chi connectivity index (χ4n) is 2.84. The number of sulfone groups is 1. The van der Waals surface area contributed by atoms with Crippen molar-refractivity contribution in [2.45, 2.75) is 63.4 Å². The maximum atomic E-state index is 13.0. The summed E-state index contributed by atoms with van der Waals surface area (Å²) in [6.45, 7) is 5.20. The summed E-state index contributed by atoms with van der Waals surface area (Å²) in [4.78, 5) is 12.5. The summed E-state index contributed by atoms with van der Waals surface area (Å²) in [5.74, 6) is -0.656. The van der Waals surface area contributed by atoms with Crippen molar-refractivity contribution in [3.63, 3.8) is 0 Å². The predicted octanol–water partition coefficient (Wildman–Crippen LogP) is 4.27. The number of carbonyl (C=O) groups is 1. The SMILES string of the molecule is CC(C)(C)OC(=O)/C(=C\C1CCCCC1)S(=O)(=O)c1ccccc1. The van der Waals surface area contributed by atoms with Crippen molar-refractivity contribution in [2.75, 3.05) is 0 Å². The second-order valence-electron chi connectivity index (χ2n) is 7.25. The first-order chi connectivity index (χ1) is 11.2. The van der Waals surface area contributed by atoms with Gasteiger partial charge < -0.3 is 4.74 Å². The molecule has 1 aliphatic rings. The van der Waals surface area contributed by atoms with Crippen LogP contribution in [0.15, 0.2) is 46.2 Å². The molecule has 132 valence electrons. The van der Waals surface area contributed by atoms with Crippen molar-refractivity contribution in [1.29, 1.82) is 0 Å². The van der Waals surface area contributed by atoms with Crippen LogP contribution in [-0.2, 0) is 19.4 Å². The molecule has 0 heterocycles. The fourth-order valence-corrected chi connectivity index (χ4v) is 4.24. The third-order valence-electron chi connectivity index (χ3n) is 3.98. The lowest BCUT2D eigenvalue weighted by Crippen LogP contribution is -2.28. The average molecular weight is 350 g/mol. The quantitative estimate of drug-likeness (QED) is 0.601. The first-order valence-corrected chi connectivity index (χ1v) is 9.94. The zero-order valence-electron chi connectivity index (χ0n) is 14.6. The molecule has 24 heavy (non-hydrogen) atoms. The second kappa shape index (κ2) is 7.51. The summed E-state index contributed by atoms with van der Waals surface area (Å²) in [7, 11) is -3.89. The van der Waals surface area contributed by atoms with Crippen LogP contribution < -0.4 is 0 Å². The fraction of sp³-hybridized carbons (Fsp3) is 0.526. The molecule has 0 atom stereocenters. The number of esters is 1. The van der Waals surface area contributed by atoms with Crippen molar-refractivity contribution in [3.8, 4) is 0 Å². The van der Waals surface area contributed by atoms with Crippen molar-refractivity contribution in [1.82, 2.24) is 0 Å². The zero-order chi connectivity index (χ0) is 17.8. The lowest BCUT2D eigenvalue weighted by atomic mass is 9.89. The van der Waals surface area contributed by atoms with Crippen LogP contribution in [-0.4, -0.2) is 20.0 Å². The molecule has 0 unspecified atom stereocenters. The van der Waals surface area contributed by atoms with E-state index in [-0.39, 0.29) is 15.7 Å². The van der Waals surface area contributed by atoms with Crippen LogP contribution in [0.5, 0.6) is 0 Å². The second-order valence-corrected chi connectivity index (χ2v) is 9.17. The van der Waals surface area contributed by atoms with Gasteiger partial charge in [-0.2, -0.15) is 0 Å². The van der Waals surface area contributed by atoms with E-state index in [2.05, 4.69) is 0 Å². The minimum Gasteiger partial charge on any atom is -0.456 e. The largest absolute Gasteiger partial charge is 0.456 e. The van der Waals surface area contributed by atoms with Crippen molar-refractivity contribution >= 4 is 15.8 Å². The van der Waals surface area contributed by atoms with Gasteiger partial charge in [0.25, 0.3) is 0 Å². The number of hydrogen-bond acceptors (Lipinski definition) is 4. The maximum absolute atomic E-state index is 13.0. The molecule has 0 bridgehead atoms. The lowest BCUT2D eigenvalue weighted by molar-refractivity contribution is -0.149. The highest BCUT2D eigenvalue weighted by Crippen LogP contribution is 2.30. The van der Waals surface area contributed by atoms with Crippen LogP contribution >= 0.6 is 0 Å². The van der Waals surface area contributed by atoms with Crippen molar-refractivity contribution < 1.29 is 17.9 Å². The summed E-state index contributed by atoms with van der Waals surface area (Å²) in [5.41, 5.74) is -0.741. The van der Waals surface area contributed by atoms with Crippen LogP contribution in [0.2, 0.25) is 0 Å². The molecule has 1 aliphatic carbocycles. The summed E-state index contributed by atoms with van der Waals surface area (Å²) in [6, 6.07) is 8.07. The Bertz CT molecular complexity index is 691. The van der Waals surface area contributed by atoms with Crippen molar-refractivity contribution in [2.24, 2.45) is 5.92 Å². The van der Waals surface area contributed by atoms with Gasteiger partial charge in [-0.1, -0.05) is 43.5 Å². The van der Waals surface area contributed by atoms with Crippen LogP contribution in [0.25, 0.3) is 0 Å². The third-order valence-corrected chi connectivity index (χ3v) is 5.75. The zero-order valence-corrected chi connectivity index (χ0v) is 15.4. The molecule has 0 N–H and O–H groups in total. The van der Waals surface area contributed by atoms with Crippen LogP contribution in [0.3, 0.4) is 0 Å². The minimum absolute atomic E-state index is 0.111. The molecule has 0 amide bonds. The smallest absolute Gasteiger partial charge is 0.350 e. The predicted molar refractivity (Wildman–Crippen MR) is 94.1 cm³/mol. The Kier molecular flexibility index (Phi) is 5.86. The van der Waals surface area contributed by atoms with Gasteiger partial charge in [-0.15, -0.1) is 0 Å². The standard InChI is InChI=1S/C19H26O4S/c1-19(2,3)23-18(20)17(14-15-10-6-4-7-11-15)24(21,22)16-12-8-5-9-13-16/h5,8-9,12-15H,4,6-7,10-11H2,1-3H3/b17-14+. The van der Waals surface area contributed by atoms with E-state index >= 15 is 0 Å². The minimum atomic E-state index is -3.89. The van der Waals surface area contributed by atoms with E-state index in [0.29, 0.717) is 0 Å². The van der Waals surface area contributed by atoms with E-state index in [1.165, 1.54) is 12.1 Å². The van der Waals surface area contributed by atoms with E-state index in [1.807, 2.05) is 0 Å². The number of hydrogen-bond donors (Lipinski definition) is 0. The number of ether oxygens (including phenoxy) is 1. The Hall–Kier alpha value is -1.62. The monoisotopic (exact) mass is 350 g/mol. The van der Waals surface area contributed by atoms with Gasteiger partial charge in [0.05, 0.1) is 4.90 Å². The Morgan fingerprint density at radius 1 is 1.08 bits per heavy atom. The maximum Gasteiger partial charge on any atom is 0.350 e. The van der Waals surface area contributed by atoms with Crippen LogP contribution in [0.1, 0.15) is 52.9 Å². The van der Waals surface area contributed by atoms with Crippen molar-refractivity contribution in [3.05, 3.63) is 41.3 Å². The van der Waals surface area contributed by atoms with Gasteiger partial charge in [0.1, 0.15) is 5.60 Å². The number of rotatable bonds is 4. The highest BCUT2D eigenvalue weighted by atomic mass is 32.2. The Balaban J connectivity index is 2.42. The number of benzene rings is 1. The molecule has 1 aromatic rings. The first kappa shape index (κ1) is 18.7. The molecular weight excluding hydrogens is 324 g/mol. The summed E-state index contributed by atoms with van der Waals surface area (Å²) in [6.07, 6.45) is 6.74. The van der Waals surface area contributed by atoms with Gasteiger partial charge >= 0.3 is 5.97 Å². The molecule has 2 rings (SSSR count). The van der Waals surface area contributed by atoms with Gasteiger partial charge in [-0.25, -0.2) is 13.2 Å². The van der Waals surface area contributed by atoms with Gasteiger partial charge in [0, 0.05) is 0 Å². The van der Waals surface area contributed by atoms with E-state index in [0.717, 1.165) is 32.1 Å². The molecule has 1 saturated carbocycles. The molecule has 5 heteroatoms. The number of carbonyl (C=O) groups excluding carboxylic acids is 1. The molecule has 1 aromatic carbocycles. The van der Waals surface area contributed by atoms with E-state index in [1.54, 1.807) is 45.0 Å². The molecule has 1 fully saturated rings. The first-order valence-electron chi connectivity index (χ1n) is 8.45. The van der Waals surface area contributed by atoms with Gasteiger partial charge in [0.2, 0.25) is 9.84 Å². The molecule has 0 aromatic heterocycles. The molecule has 0 saturated heterocycles. The average Bonchev–Trinajstić information content (AvgIpc) is 2.52. The molecular formula is C19H26O4S. The topological polar surface area (TPSA) is 60.4 Å².